The van der Waals surface area contributed by atoms with Crippen molar-refractivity contribution in [3.8, 4) is 0 Å². The summed E-state index contributed by atoms with van der Waals surface area (Å²) < 4.78 is 0. The van der Waals surface area contributed by atoms with Gasteiger partial charge in [0.15, 0.2) is 0 Å². The van der Waals surface area contributed by atoms with Crippen molar-refractivity contribution < 1.29 is 44.1 Å². The van der Waals surface area contributed by atoms with E-state index in [1.165, 1.54) is 12.5 Å². The second-order valence-corrected chi connectivity index (χ2v) is 7.19. The van der Waals surface area contributed by atoms with Crippen LogP contribution in [0.25, 0.3) is 0 Å². The van der Waals surface area contributed by atoms with Gasteiger partial charge in [-0.25, -0.2) is 9.78 Å². The Bertz CT molecular complexity index is 890. The number of imidazole rings is 1. The number of nitrogens with two attached hydrogens (primary N) is 2. The van der Waals surface area contributed by atoms with Crippen molar-refractivity contribution in [2.24, 2.45) is 11.5 Å². The van der Waals surface area contributed by atoms with E-state index in [4.69, 9.17) is 21.7 Å². The third kappa shape index (κ3) is 9.61. The maximum atomic E-state index is 12.7. The lowest BCUT2D eigenvalue weighted by Crippen LogP contribution is -2.58. The third-order valence-electron chi connectivity index (χ3n) is 4.45. The van der Waals surface area contributed by atoms with E-state index in [9.17, 15) is 33.9 Å². The van der Waals surface area contributed by atoms with Crippen LogP contribution in [0.15, 0.2) is 12.5 Å². The van der Waals surface area contributed by atoms with Crippen molar-refractivity contribution in [1.82, 2.24) is 25.9 Å². The molecule has 11 N–H and O–H groups in total. The largest absolute Gasteiger partial charge is 0.481 e. The molecule has 0 aromatic carbocycles. The lowest BCUT2D eigenvalue weighted by atomic mass is 10.1. The summed E-state index contributed by atoms with van der Waals surface area (Å²) in [6, 6.07) is -5.99. The number of nitrogens with zero attached hydrogens (tertiary/aromatic N) is 1. The van der Waals surface area contributed by atoms with E-state index in [2.05, 4.69) is 20.6 Å². The van der Waals surface area contributed by atoms with Crippen LogP contribution >= 0.6 is 0 Å². The minimum absolute atomic E-state index is 0.0534. The summed E-state index contributed by atoms with van der Waals surface area (Å²) in [6.45, 7) is -0.979. The molecule has 4 amide bonds. The van der Waals surface area contributed by atoms with Gasteiger partial charge in [0.1, 0.15) is 18.1 Å². The van der Waals surface area contributed by atoms with E-state index in [-0.39, 0.29) is 19.3 Å². The SMILES string of the molecule is NC(=O)CCC(NC(=O)C(N)Cc1cnc[nH]1)C(=O)NC(CO)C(=O)NC(CC(=O)O)C(=O)O. The fourth-order valence-electron chi connectivity index (χ4n) is 2.67. The van der Waals surface area contributed by atoms with E-state index in [1.807, 2.05) is 5.32 Å². The van der Waals surface area contributed by atoms with Gasteiger partial charge < -0.3 is 47.7 Å². The van der Waals surface area contributed by atoms with Gasteiger partial charge in [-0.05, 0) is 6.42 Å². The zero-order valence-corrected chi connectivity index (χ0v) is 17.9. The number of hydrogen-bond acceptors (Lipinski definition) is 9. The van der Waals surface area contributed by atoms with Crippen LogP contribution in [0.3, 0.4) is 0 Å². The second kappa shape index (κ2) is 13.5. The number of carboxylic acids is 2. The van der Waals surface area contributed by atoms with Crippen LogP contribution in [-0.4, -0.2) is 91.6 Å². The molecule has 34 heavy (non-hydrogen) atoms. The summed E-state index contributed by atoms with van der Waals surface area (Å²) in [5, 5.41) is 33.6. The first-order chi connectivity index (χ1) is 15.9. The summed E-state index contributed by atoms with van der Waals surface area (Å²) in [5.74, 6) is -6.86. The Balaban J connectivity index is 2.86. The van der Waals surface area contributed by atoms with Crippen LogP contribution in [0.1, 0.15) is 25.0 Å². The number of carboxylic acid groups (broad SMARTS) is 2. The number of rotatable bonds is 15. The minimum atomic E-state index is -1.82. The molecule has 16 heteroatoms. The lowest BCUT2D eigenvalue weighted by molar-refractivity contribution is -0.147. The molecule has 0 aliphatic rings. The van der Waals surface area contributed by atoms with Crippen LogP contribution in [-0.2, 0) is 35.2 Å². The Morgan fingerprint density at radius 2 is 1.56 bits per heavy atom. The highest BCUT2D eigenvalue weighted by Crippen LogP contribution is 2.03. The monoisotopic (exact) mass is 485 g/mol. The molecule has 0 radical (unpaired) electrons. The molecule has 16 nitrogen and oxygen atoms in total. The normalized spacial score (nSPS) is 14.2. The molecule has 4 atom stereocenters. The highest BCUT2D eigenvalue weighted by molar-refractivity contribution is 5.95. The molecule has 1 heterocycles. The van der Waals surface area contributed by atoms with E-state index < -0.39 is 72.8 Å². The van der Waals surface area contributed by atoms with Crippen molar-refractivity contribution in [2.75, 3.05) is 6.61 Å². The summed E-state index contributed by atoms with van der Waals surface area (Å²) >= 11 is 0. The molecule has 0 aliphatic heterocycles. The number of primary amides is 1. The minimum Gasteiger partial charge on any atom is -0.481 e. The first-order valence-electron chi connectivity index (χ1n) is 9.92. The molecule has 1 rings (SSSR count). The number of carbonyl (C=O) groups excluding carboxylic acids is 4. The zero-order chi connectivity index (χ0) is 25.8. The number of aromatic amines is 1. The number of aliphatic carboxylic acids is 2. The molecular formula is C18H27N7O9. The van der Waals surface area contributed by atoms with E-state index in [0.717, 1.165) is 0 Å². The molecule has 0 bridgehead atoms. The number of H-pyrrole nitrogens is 1. The Morgan fingerprint density at radius 1 is 0.971 bits per heavy atom. The molecule has 0 saturated heterocycles. The first kappa shape index (κ1) is 28.0. The molecule has 4 unspecified atom stereocenters. The number of hydrogen-bond donors (Lipinski definition) is 9. The van der Waals surface area contributed by atoms with Gasteiger partial charge in [0.05, 0.1) is 25.4 Å². The number of aliphatic hydroxyl groups excluding tert-OH is 1. The zero-order valence-electron chi connectivity index (χ0n) is 17.9. The summed E-state index contributed by atoms with van der Waals surface area (Å²) in [5.41, 5.74) is 11.5. The maximum absolute atomic E-state index is 12.7. The van der Waals surface area contributed by atoms with Gasteiger partial charge in [-0.15, -0.1) is 0 Å². The number of carbonyl (C=O) groups is 6. The second-order valence-electron chi connectivity index (χ2n) is 7.19. The summed E-state index contributed by atoms with van der Waals surface area (Å²) in [6.07, 6.45) is 1.36. The molecular weight excluding hydrogens is 458 g/mol. The number of aromatic nitrogens is 2. The van der Waals surface area contributed by atoms with Crippen LogP contribution in [0.4, 0.5) is 0 Å². The fraction of sp³-hybridized carbons (Fsp3) is 0.500. The van der Waals surface area contributed by atoms with Gasteiger partial charge in [0, 0.05) is 24.7 Å². The van der Waals surface area contributed by atoms with Crippen LogP contribution in [0, 0.1) is 0 Å². The fourth-order valence-corrected chi connectivity index (χ4v) is 2.67. The smallest absolute Gasteiger partial charge is 0.326 e. The Hall–Kier alpha value is -4.05. The number of amides is 4. The molecule has 1 aromatic rings. The molecule has 0 aliphatic carbocycles. The molecule has 188 valence electrons. The number of aliphatic hydroxyl groups is 1. The first-order valence-corrected chi connectivity index (χ1v) is 9.92. The van der Waals surface area contributed by atoms with Crippen LogP contribution in [0.5, 0.6) is 0 Å². The van der Waals surface area contributed by atoms with Crippen molar-refractivity contribution in [3.63, 3.8) is 0 Å². The van der Waals surface area contributed by atoms with Gasteiger partial charge in [0.25, 0.3) is 0 Å². The average Bonchev–Trinajstić information content (AvgIpc) is 3.26. The predicted octanol–water partition coefficient (Wildman–Crippen LogP) is -4.45. The van der Waals surface area contributed by atoms with Crippen molar-refractivity contribution in [3.05, 3.63) is 18.2 Å². The van der Waals surface area contributed by atoms with Gasteiger partial charge in [-0.1, -0.05) is 0 Å². The number of nitrogens with one attached hydrogen (secondary N) is 4. The Kier molecular flexibility index (Phi) is 11.1. The van der Waals surface area contributed by atoms with Gasteiger partial charge in [-0.3, -0.25) is 24.0 Å². The lowest BCUT2D eigenvalue weighted by Gasteiger charge is -2.24. The van der Waals surface area contributed by atoms with Gasteiger partial charge in [-0.2, -0.15) is 0 Å². The predicted molar refractivity (Wildman–Crippen MR) is 111 cm³/mol. The van der Waals surface area contributed by atoms with E-state index in [1.54, 1.807) is 0 Å². The molecule has 0 saturated carbocycles. The average molecular weight is 485 g/mol. The van der Waals surface area contributed by atoms with Crippen LogP contribution < -0.4 is 27.4 Å². The molecule has 0 fully saturated rings. The maximum Gasteiger partial charge on any atom is 0.326 e. The molecule has 1 aromatic heterocycles. The highest BCUT2D eigenvalue weighted by atomic mass is 16.4. The Labute approximate surface area is 192 Å². The van der Waals surface area contributed by atoms with Crippen molar-refractivity contribution in [1.29, 1.82) is 0 Å². The Morgan fingerprint density at radius 3 is 2.06 bits per heavy atom. The summed E-state index contributed by atoms with van der Waals surface area (Å²) in [4.78, 5) is 76.9. The topological polar surface area (TPSA) is 280 Å². The van der Waals surface area contributed by atoms with Crippen molar-refractivity contribution in [2.45, 2.75) is 49.9 Å². The van der Waals surface area contributed by atoms with Crippen LogP contribution in [0.2, 0.25) is 0 Å². The van der Waals surface area contributed by atoms with Crippen molar-refractivity contribution >= 4 is 35.6 Å². The van der Waals surface area contributed by atoms with E-state index in [0.29, 0.717) is 5.69 Å². The molecule has 0 spiro atoms. The standard InChI is InChI=1S/C18H27N7O9/c19-9(3-8-5-21-7-22-8)15(30)23-10(1-2-13(20)27)16(31)25-12(6-26)17(32)24-11(18(33)34)4-14(28)29/h5,7,9-12,26H,1-4,6,19H2,(H2,20,27)(H,21,22)(H,23,30)(H,24,32)(H,25,31)(H,28,29)(H,33,34). The highest BCUT2D eigenvalue weighted by Gasteiger charge is 2.31. The van der Waals surface area contributed by atoms with E-state index >= 15 is 0 Å². The van der Waals surface area contributed by atoms with Gasteiger partial charge >= 0.3 is 11.9 Å². The third-order valence-corrected chi connectivity index (χ3v) is 4.45. The summed E-state index contributed by atoms with van der Waals surface area (Å²) in [7, 11) is 0. The van der Waals surface area contributed by atoms with Gasteiger partial charge in [0.2, 0.25) is 23.6 Å². The quantitative estimate of drug-likeness (QED) is 0.114.